The second-order valence-electron chi connectivity index (χ2n) is 3.61. The first-order valence-corrected chi connectivity index (χ1v) is 4.66. The van der Waals surface area contributed by atoms with Gasteiger partial charge >= 0.3 is 0 Å². The van der Waals surface area contributed by atoms with Crippen LogP contribution in [0.5, 0.6) is 0 Å². The van der Waals surface area contributed by atoms with Crippen molar-refractivity contribution in [1.82, 2.24) is 0 Å². The quantitative estimate of drug-likeness (QED) is 0.659. The number of aliphatic hydroxyl groups is 2. The van der Waals surface area contributed by atoms with Gasteiger partial charge < -0.3 is 14.9 Å². The number of aliphatic hydroxyl groups excluding tert-OH is 2. The Morgan fingerprint density at radius 2 is 2.25 bits per heavy atom. The lowest BCUT2D eigenvalue weighted by Gasteiger charge is -2.16. The molecule has 3 atom stereocenters. The van der Waals surface area contributed by atoms with Crippen molar-refractivity contribution in [2.75, 3.05) is 6.61 Å². The number of rotatable bonds is 4. The van der Waals surface area contributed by atoms with Gasteiger partial charge in [0.05, 0.1) is 18.3 Å². The molecule has 1 heterocycles. The summed E-state index contributed by atoms with van der Waals surface area (Å²) in [5.74, 6) is 0. The highest BCUT2D eigenvalue weighted by atomic mass is 16.5. The highest BCUT2D eigenvalue weighted by Crippen LogP contribution is 2.18. The van der Waals surface area contributed by atoms with E-state index in [1.54, 1.807) is 6.92 Å². The summed E-state index contributed by atoms with van der Waals surface area (Å²) in [4.78, 5) is 0. The topological polar surface area (TPSA) is 49.7 Å². The lowest BCUT2D eigenvalue weighted by Crippen LogP contribution is -2.21. The summed E-state index contributed by atoms with van der Waals surface area (Å²) in [5.41, 5.74) is 0. The Labute approximate surface area is 73.4 Å². The van der Waals surface area contributed by atoms with E-state index in [0.29, 0.717) is 12.8 Å². The Morgan fingerprint density at radius 3 is 2.75 bits per heavy atom. The maximum absolute atomic E-state index is 9.44. The van der Waals surface area contributed by atoms with Crippen molar-refractivity contribution in [3.8, 4) is 0 Å². The van der Waals surface area contributed by atoms with Gasteiger partial charge in [-0.2, -0.15) is 0 Å². The first kappa shape index (κ1) is 9.96. The largest absolute Gasteiger partial charge is 0.393 e. The molecule has 1 fully saturated rings. The second-order valence-corrected chi connectivity index (χ2v) is 3.61. The monoisotopic (exact) mass is 174 g/mol. The number of hydrogen-bond acceptors (Lipinski definition) is 3. The summed E-state index contributed by atoms with van der Waals surface area (Å²) >= 11 is 0. The summed E-state index contributed by atoms with van der Waals surface area (Å²) in [5, 5.41) is 18.4. The third kappa shape index (κ3) is 3.52. The van der Waals surface area contributed by atoms with Crippen LogP contribution in [0.25, 0.3) is 0 Å². The molecule has 1 rings (SSSR count). The van der Waals surface area contributed by atoms with Crippen molar-refractivity contribution in [2.24, 2.45) is 0 Å². The average Bonchev–Trinajstić information content (AvgIpc) is 2.37. The van der Waals surface area contributed by atoms with Crippen LogP contribution in [0.4, 0.5) is 0 Å². The van der Waals surface area contributed by atoms with Crippen LogP contribution in [0, 0.1) is 0 Å². The molecule has 0 spiro atoms. The van der Waals surface area contributed by atoms with E-state index in [0.717, 1.165) is 19.4 Å². The smallest absolute Gasteiger partial charge is 0.0600 e. The van der Waals surface area contributed by atoms with E-state index in [1.165, 1.54) is 0 Å². The molecular weight excluding hydrogens is 156 g/mol. The summed E-state index contributed by atoms with van der Waals surface area (Å²) < 4.78 is 5.36. The van der Waals surface area contributed by atoms with Crippen molar-refractivity contribution in [1.29, 1.82) is 0 Å². The maximum atomic E-state index is 9.44. The molecule has 1 aliphatic heterocycles. The predicted molar refractivity (Wildman–Crippen MR) is 45.9 cm³/mol. The van der Waals surface area contributed by atoms with Crippen LogP contribution in [-0.4, -0.2) is 35.1 Å². The average molecular weight is 174 g/mol. The lowest BCUT2D eigenvalue weighted by molar-refractivity contribution is 0.0304. The Kier molecular flexibility index (Phi) is 3.98. The van der Waals surface area contributed by atoms with Crippen LogP contribution in [0.15, 0.2) is 0 Å². The lowest BCUT2D eigenvalue weighted by atomic mass is 10.0. The van der Waals surface area contributed by atoms with E-state index >= 15 is 0 Å². The van der Waals surface area contributed by atoms with Gasteiger partial charge in [0.25, 0.3) is 0 Å². The minimum atomic E-state index is -0.415. The molecule has 72 valence electrons. The van der Waals surface area contributed by atoms with Crippen molar-refractivity contribution in [2.45, 2.75) is 50.9 Å². The molecule has 0 saturated carbocycles. The van der Waals surface area contributed by atoms with Gasteiger partial charge in [-0.05, 0) is 32.6 Å². The van der Waals surface area contributed by atoms with Crippen LogP contribution >= 0.6 is 0 Å². The normalized spacial score (nSPS) is 28.8. The molecular formula is C9H18O3. The third-order valence-electron chi connectivity index (χ3n) is 2.17. The first-order chi connectivity index (χ1) is 5.68. The van der Waals surface area contributed by atoms with Crippen LogP contribution in [-0.2, 0) is 4.74 Å². The van der Waals surface area contributed by atoms with Gasteiger partial charge in [0.1, 0.15) is 0 Å². The Morgan fingerprint density at radius 1 is 1.50 bits per heavy atom. The molecule has 2 N–H and O–H groups in total. The molecule has 3 nitrogen and oxygen atoms in total. The van der Waals surface area contributed by atoms with Crippen LogP contribution in [0.2, 0.25) is 0 Å². The Bertz CT molecular complexity index is 119. The van der Waals surface area contributed by atoms with Crippen LogP contribution in [0.3, 0.4) is 0 Å². The fraction of sp³-hybridized carbons (Fsp3) is 1.00. The fourth-order valence-corrected chi connectivity index (χ4v) is 1.62. The highest BCUT2D eigenvalue weighted by molar-refractivity contribution is 4.70. The summed E-state index contributed by atoms with van der Waals surface area (Å²) in [7, 11) is 0. The molecule has 0 aromatic heterocycles. The van der Waals surface area contributed by atoms with Crippen molar-refractivity contribution < 1.29 is 14.9 Å². The Hall–Kier alpha value is -0.120. The zero-order valence-corrected chi connectivity index (χ0v) is 7.57. The van der Waals surface area contributed by atoms with Crippen molar-refractivity contribution in [3.63, 3.8) is 0 Å². The van der Waals surface area contributed by atoms with Gasteiger partial charge in [-0.15, -0.1) is 0 Å². The van der Waals surface area contributed by atoms with E-state index in [2.05, 4.69) is 0 Å². The summed E-state index contributed by atoms with van der Waals surface area (Å²) in [6.07, 6.45) is 2.68. The molecule has 0 radical (unpaired) electrons. The van der Waals surface area contributed by atoms with Gasteiger partial charge in [0.2, 0.25) is 0 Å². The molecule has 0 amide bonds. The van der Waals surface area contributed by atoms with E-state index in [4.69, 9.17) is 9.84 Å². The second kappa shape index (κ2) is 4.80. The summed E-state index contributed by atoms with van der Waals surface area (Å²) in [6, 6.07) is 0. The molecule has 0 aromatic carbocycles. The fourth-order valence-electron chi connectivity index (χ4n) is 1.62. The van der Waals surface area contributed by atoms with Crippen LogP contribution < -0.4 is 0 Å². The highest BCUT2D eigenvalue weighted by Gasteiger charge is 2.19. The summed E-state index contributed by atoms with van der Waals surface area (Å²) in [6.45, 7) is 2.52. The van der Waals surface area contributed by atoms with E-state index in [-0.39, 0.29) is 6.10 Å². The van der Waals surface area contributed by atoms with E-state index < -0.39 is 12.2 Å². The van der Waals surface area contributed by atoms with Gasteiger partial charge in [-0.3, -0.25) is 0 Å². The molecule has 0 aromatic rings. The van der Waals surface area contributed by atoms with Gasteiger partial charge in [0.15, 0.2) is 0 Å². The zero-order valence-electron chi connectivity index (χ0n) is 7.57. The first-order valence-electron chi connectivity index (χ1n) is 4.66. The number of ether oxygens (including phenoxy) is 1. The molecule has 0 aliphatic carbocycles. The number of hydrogen-bond donors (Lipinski definition) is 2. The van der Waals surface area contributed by atoms with E-state index in [9.17, 15) is 5.11 Å². The van der Waals surface area contributed by atoms with Gasteiger partial charge in [-0.1, -0.05) is 0 Å². The molecule has 1 saturated heterocycles. The minimum absolute atomic E-state index is 0.221. The van der Waals surface area contributed by atoms with Gasteiger partial charge in [0, 0.05) is 6.61 Å². The van der Waals surface area contributed by atoms with Crippen molar-refractivity contribution in [3.05, 3.63) is 0 Å². The molecule has 3 heteroatoms. The minimum Gasteiger partial charge on any atom is -0.393 e. The molecule has 12 heavy (non-hydrogen) atoms. The Balaban J connectivity index is 2.11. The van der Waals surface area contributed by atoms with Crippen molar-refractivity contribution >= 4 is 0 Å². The molecule has 0 bridgehead atoms. The standard InChI is InChI=1S/C9H18O3/c1-7(10)5-8(11)6-9-3-2-4-12-9/h7-11H,2-6H2,1H3/t7-,8-,9-/m0/s1. The zero-order chi connectivity index (χ0) is 8.97. The van der Waals surface area contributed by atoms with E-state index in [1.807, 2.05) is 0 Å². The van der Waals surface area contributed by atoms with Crippen LogP contribution in [0.1, 0.15) is 32.6 Å². The molecule has 0 unspecified atom stereocenters. The third-order valence-corrected chi connectivity index (χ3v) is 2.17. The van der Waals surface area contributed by atoms with Gasteiger partial charge in [-0.25, -0.2) is 0 Å². The molecule has 1 aliphatic rings. The predicted octanol–water partition coefficient (Wildman–Crippen LogP) is 0.687. The maximum Gasteiger partial charge on any atom is 0.0600 e. The SMILES string of the molecule is C[C@H](O)C[C@H](O)C[C@@H]1CCCO1.